The molecule has 1 N–H and O–H groups in total. The van der Waals surface area contributed by atoms with Crippen LogP contribution in [-0.4, -0.2) is 17.7 Å². The highest BCUT2D eigenvalue weighted by atomic mass is 16.5. The third-order valence-electron chi connectivity index (χ3n) is 3.48. The molecule has 0 fully saturated rings. The average Bonchev–Trinajstić information content (AvgIpc) is 2.92. The lowest BCUT2D eigenvalue weighted by atomic mass is 10.1. The van der Waals surface area contributed by atoms with Gasteiger partial charge in [-0.3, -0.25) is 4.79 Å². The molecule has 0 atom stereocenters. The minimum absolute atomic E-state index is 0.133. The average molecular weight is 310 g/mol. The zero-order valence-electron chi connectivity index (χ0n) is 13.1. The maximum absolute atomic E-state index is 12.2. The van der Waals surface area contributed by atoms with Crippen LogP contribution in [0, 0.1) is 6.92 Å². The summed E-state index contributed by atoms with van der Waals surface area (Å²) in [6, 6.07) is 13.1. The van der Waals surface area contributed by atoms with Crippen molar-refractivity contribution in [1.29, 1.82) is 0 Å². The molecule has 1 amide bonds. The quantitative estimate of drug-likeness (QED) is 0.780. The number of benzene rings is 2. The van der Waals surface area contributed by atoms with Crippen LogP contribution in [0.1, 0.15) is 18.2 Å². The predicted molar refractivity (Wildman–Crippen MR) is 88.7 cm³/mol. The summed E-state index contributed by atoms with van der Waals surface area (Å²) in [5, 5.41) is 7.73. The van der Waals surface area contributed by atoms with Crippen LogP contribution in [-0.2, 0) is 11.2 Å². The third-order valence-corrected chi connectivity index (χ3v) is 3.48. The van der Waals surface area contributed by atoms with E-state index in [2.05, 4.69) is 10.5 Å². The summed E-state index contributed by atoms with van der Waals surface area (Å²) in [6.45, 7) is 4.54. The largest absolute Gasteiger partial charge is 0.494 e. The third kappa shape index (κ3) is 3.51. The van der Waals surface area contributed by atoms with Crippen molar-refractivity contribution in [2.45, 2.75) is 20.3 Å². The highest BCUT2D eigenvalue weighted by Gasteiger charge is 2.12. The number of hydrogen-bond donors (Lipinski definition) is 1. The molecule has 2 aromatic carbocycles. The molecule has 0 saturated carbocycles. The Labute approximate surface area is 134 Å². The number of carbonyl (C=O) groups excluding carboxylic acids is 1. The van der Waals surface area contributed by atoms with Crippen molar-refractivity contribution in [1.82, 2.24) is 5.16 Å². The second kappa shape index (κ2) is 6.52. The highest BCUT2D eigenvalue weighted by molar-refractivity contribution is 5.94. The molecule has 0 aliphatic heterocycles. The molecule has 1 heterocycles. The van der Waals surface area contributed by atoms with Gasteiger partial charge in [0.05, 0.1) is 13.0 Å². The summed E-state index contributed by atoms with van der Waals surface area (Å²) in [7, 11) is 0. The number of aromatic nitrogens is 1. The van der Waals surface area contributed by atoms with E-state index in [-0.39, 0.29) is 12.3 Å². The Morgan fingerprint density at radius 1 is 1.22 bits per heavy atom. The number of anilines is 1. The molecule has 5 heteroatoms. The van der Waals surface area contributed by atoms with Gasteiger partial charge in [0.15, 0.2) is 5.58 Å². The first-order valence-electron chi connectivity index (χ1n) is 7.53. The van der Waals surface area contributed by atoms with Crippen LogP contribution in [0.25, 0.3) is 11.0 Å². The summed E-state index contributed by atoms with van der Waals surface area (Å²) in [6.07, 6.45) is 0.170. The van der Waals surface area contributed by atoms with Gasteiger partial charge in [-0.05, 0) is 50.2 Å². The molecule has 23 heavy (non-hydrogen) atoms. The van der Waals surface area contributed by atoms with Crippen LogP contribution in [0.4, 0.5) is 5.69 Å². The van der Waals surface area contributed by atoms with Crippen molar-refractivity contribution in [3.05, 3.63) is 53.7 Å². The number of nitrogens with one attached hydrogen (secondary N) is 1. The first-order chi connectivity index (χ1) is 11.2. The highest BCUT2D eigenvalue weighted by Crippen LogP contribution is 2.21. The van der Waals surface area contributed by atoms with Gasteiger partial charge < -0.3 is 14.6 Å². The zero-order valence-corrected chi connectivity index (χ0v) is 13.1. The van der Waals surface area contributed by atoms with Gasteiger partial charge in [-0.2, -0.15) is 0 Å². The first-order valence-corrected chi connectivity index (χ1v) is 7.53. The summed E-state index contributed by atoms with van der Waals surface area (Å²) in [4.78, 5) is 12.2. The second-order valence-corrected chi connectivity index (χ2v) is 5.31. The molecule has 5 nitrogen and oxygen atoms in total. The van der Waals surface area contributed by atoms with Crippen molar-refractivity contribution in [2.24, 2.45) is 0 Å². The van der Waals surface area contributed by atoms with Gasteiger partial charge in [-0.25, -0.2) is 0 Å². The van der Waals surface area contributed by atoms with Gasteiger partial charge >= 0.3 is 0 Å². The molecule has 0 unspecified atom stereocenters. The molecule has 0 bridgehead atoms. The van der Waals surface area contributed by atoms with Crippen molar-refractivity contribution in [2.75, 3.05) is 11.9 Å². The Morgan fingerprint density at radius 2 is 2.00 bits per heavy atom. The molecule has 118 valence electrons. The number of ether oxygens (including phenoxy) is 1. The van der Waals surface area contributed by atoms with Crippen molar-refractivity contribution < 1.29 is 14.1 Å². The number of carbonyl (C=O) groups is 1. The van der Waals surface area contributed by atoms with E-state index < -0.39 is 0 Å². The number of amides is 1. The lowest BCUT2D eigenvalue weighted by molar-refractivity contribution is -0.115. The molecule has 1 aromatic heterocycles. The van der Waals surface area contributed by atoms with Crippen LogP contribution in [0.15, 0.2) is 47.0 Å². The van der Waals surface area contributed by atoms with Gasteiger partial charge in [0, 0.05) is 11.1 Å². The van der Waals surface area contributed by atoms with E-state index in [1.54, 1.807) is 0 Å². The second-order valence-electron chi connectivity index (χ2n) is 5.31. The Hall–Kier alpha value is -2.82. The van der Waals surface area contributed by atoms with Crippen molar-refractivity contribution >= 4 is 22.6 Å². The molecule has 3 rings (SSSR count). The molecule has 0 radical (unpaired) electrons. The summed E-state index contributed by atoms with van der Waals surface area (Å²) in [5.41, 5.74) is 3.17. The number of rotatable bonds is 5. The van der Waals surface area contributed by atoms with Gasteiger partial charge in [0.1, 0.15) is 11.4 Å². The number of nitrogens with zero attached hydrogens (tertiary/aromatic N) is 1. The standard InChI is InChI=1S/C18H18N2O3/c1-3-22-14-7-5-13(6-8-14)19-18(21)11-16-15-10-12(2)4-9-17(15)23-20-16/h4-10H,3,11H2,1-2H3,(H,19,21). The number of aryl methyl sites for hydroxylation is 1. The Kier molecular flexibility index (Phi) is 4.28. The number of hydrogen-bond acceptors (Lipinski definition) is 4. The fourth-order valence-corrected chi connectivity index (χ4v) is 2.39. The lowest BCUT2D eigenvalue weighted by Gasteiger charge is -2.06. The maximum atomic E-state index is 12.2. The maximum Gasteiger partial charge on any atom is 0.230 e. The van der Waals surface area contributed by atoms with Crippen LogP contribution in [0.2, 0.25) is 0 Å². The molecule has 0 aliphatic rings. The summed E-state index contributed by atoms with van der Waals surface area (Å²) in [5.74, 6) is 0.648. The first kappa shape index (κ1) is 15.1. The van der Waals surface area contributed by atoms with E-state index in [9.17, 15) is 4.79 Å². The Morgan fingerprint density at radius 3 is 2.74 bits per heavy atom. The minimum Gasteiger partial charge on any atom is -0.494 e. The SMILES string of the molecule is CCOc1ccc(NC(=O)Cc2noc3ccc(C)cc23)cc1. The van der Waals surface area contributed by atoms with E-state index in [0.29, 0.717) is 17.9 Å². The van der Waals surface area contributed by atoms with Gasteiger partial charge in [0.2, 0.25) is 5.91 Å². The van der Waals surface area contributed by atoms with Gasteiger partial charge in [0.25, 0.3) is 0 Å². The van der Waals surface area contributed by atoms with E-state index in [0.717, 1.165) is 22.4 Å². The van der Waals surface area contributed by atoms with E-state index >= 15 is 0 Å². The fraction of sp³-hybridized carbons (Fsp3) is 0.222. The van der Waals surface area contributed by atoms with Gasteiger partial charge in [-0.15, -0.1) is 0 Å². The lowest BCUT2D eigenvalue weighted by Crippen LogP contribution is -2.14. The molecule has 0 aliphatic carbocycles. The van der Waals surface area contributed by atoms with E-state index in [4.69, 9.17) is 9.26 Å². The van der Waals surface area contributed by atoms with Crippen molar-refractivity contribution in [3.63, 3.8) is 0 Å². The summed E-state index contributed by atoms with van der Waals surface area (Å²) >= 11 is 0. The molecule has 0 spiro atoms. The van der Waals surface area contributed by atoms with E-state index in [1.807, 2.05) is 56.3 Å². The summed E-state index contributed by atoms with van der Waals surface area (Å²) < 4.78 is 10.6. The van der Waals surface area contributed by atoms with Crippen LogP contribution >= 0.6 is 0 Å². The van der Waals surface area contributed by atoms with E-state index in [1.165, 1.54) is 0 Å². The monoisotopic (exact) mass is 310 g/mol. The van der Waals surface area contributed by atoms with Crippen molar-refractivity contribution in [3.8, 4) is 5.75 Å². The Bertz CT molecular complexity index is 822. The Balaban J connectivity index is 1.69. The predicted octanol–water partition coefficient (Wildman–Crippen LogP) is 3.72. The topological polar surface area (TPSA) is 64.4 Å². The zero-order chi connectivity index (χ0) is 16.2. The van der Waals surface area contributed by atoms with Crippen LogP contribution in [0.3, 0.4) is 0 Å². The molecular weight excluding hydrogens is 292 g/mol. The van der Waals surface area contributed by atoms with Crippen LogP contribution < -0.4 is 10.1 Å². The normalized spacial score (nSPS) is 10.7. The van der Waals surface area contributed by atoms with Crippen LogP contribution in [0.5, 0.6) is 5.75 Å². The fourth-order valence-electron chi connectivity index (χ4n) is 2.39. The van der Waals surface area contributed by atoms with Gasteiger partial charge in [-0.1, -0.05) is 16.8 Å². The smallest absolute Gasteiger partial charge is 0.230 e. The molecular formula is C18H18N2O3. The number of fused-ring (bicyclic) bond motifs is 1. The molecule has 3 aromatic rings. The molecule has 0 saturated heterocycles. The minimum atomic E-state index is -0.133.